The number of piperazine rings is 1. The standard InChI is InChI=1S/C24H30N6O4/c1-24(2)13-21(31)30(22(32)14-24)8-5-18-3-4-20(27-15-18)34-23(33)29-11-9-28(10-12-29)17-19-16-25-6-7-26-19/h3-4,6-7,15-16H,5,8-14,17H2,1-2H3. The van der Waals surface area contributed by atoms with Crippen molar-refractivity contribution in [2.45, 2.75) is 39.7 Å². The summed E-state index contributed by atoms with van der Waals surface area (Å²) < 4.78 is 5.43. The van der Waals surface area contributed by atoms with Gasteiger partial charge in [-0.15, -0.1) is 0 Å². The first-order chi connectivity index (χ1) is 16.3. The van der Waals surface area contributed by atoms with Gasteiger partial charge in [-0.3, -0.25) is 29.4 Å². The van der Waals surface area contributed by atoms with Gasteiger partial charge in [-0.25, -0.2) is 9.78 Å². The van der Waals surface area contributed by atoms with Crippen molar-refractivity contribution in [2.24, 2.45) is 5.41 Å². The first-order valence-corrected chi connectivity index (χ1v) is 11.5. The number of carbonyl (C=O) groups is 3. The zero-order valence-electron chi connectivity index (χ0n) is 19.6. The van der Waals surface area contributed by atoms with Gasteiger partial charge >= 0.3 is 6.09 Å². The Kier molecular flexibility index (Phi) is 7.16. The average Bonchev–Trinajstić information content (AvgIpc) is 2.80. The van der Waals surface area contributed by atoms with Crippen LogP contribution in [0.4, 0.5) is 4.79 Å². The van der Waals surface area contributed by atoms with Gasteiger partial charge in [-0.2, -0.15) is 0 Å². The van der Waals surface area contributed by atoms with Crippen LogP contribution in [0.1, 0.15) is 37.9 Å². The molecule has 4 heterocycles. The van der Waals surface area contributed by atoms with Crippen LogP contribution in [0, 0.1) is 5.41 Å². The Labute approximate surface area is 198 Å². The first kappa shape index (κ1) is 23.7. The molecule has 0 unspecified atom stereocenters. The quantitative estimate of drug-likeness (QED) is 0.594. The van der Waals surface area contributed by atoms with Crippen molar-refractivity contribution in [3.8, 4) is 5.88 Å². The summed E-state index contributed by atoms with van der Waals surface area (Å²) in [7, 11) is 0. The molecular formula is C24H30N6O4. The number of amides is 3. The Balaban J connectivity index is 1.22. The third-order valence-electron chi connectivity index (χ3n) is 6.11. The highest BCUT2D eigenvalue weighted by Crippen LogP contribution is 2.31. The van der Waals surface area contributed by atoms with Crippen LogP contribution in [0.2, 0.25) is 0 Å². The molecule has 10 heteroatoms. The number of piperidine rings is 1. The van der Waals surface area contributed by atoms with Crippen molar-refractivity contribution in [3.05, 3.63) is 48.2 Å². The molecule has 2 aliphatic rings. The van der Waals surface area contributed by atoms with Crippen LogP contribution in [0.15, 0.2) is 36.9 Å². The van der Waals surface area contributed by atoms with E-state index in [2.05, 4.69) is 19.9 Å². The molecule has 2 saturated heterocycles. The van der Waals surface area contributed by atoms with Crippen LogP contribution in [0.25, 0.3) is 0 Å². The molecule has 0 spiro atoms. The number of carbonyl (C=O) groups excluding carboxylic acids is 3. The van der Waals surface area contributed by atoms with Gasteiger partial charge in [0.15, 0.2) is 0 Å². The first-order valence-electron chi connectivity index (χ1n) is 11.5. The molecule has 2 aromatic rings. The number of ether oxygens (including phenoxy) is 1. The molecule has 0 atom stereocenters. The van der Waals surface area contributed by atoms with Crippen molar-refractivity contribution in [2.75, 3.05) is 32.7 Å². The number of aromatic nitrogens is 3. The Bertz CT molecular complexity index is 1000. The number of rotatable bonds is 6. The van der Waals surface area contributed by atoms with Crippen molar-refractivity contribution in [1.82, 2.24) is 29.7 Å². The molecule has 0 bridgehead atoms. The molecular weight excluding hydrogens is 436 g/mol. The van der Waals surface area contributed by atoms with Crippen LogP contribution >= 0.6 is 0 Å². The van der Waals surface area contributed by atoms with Crippen LogP contribution in [0.3, 0.4) is 0 Å². The minimum atomic E-state index is -0.425. The predicted octanol–water partition coefficient (Wildman–Crippen LogP) is 1.91. The van der Waals surface area contributed by atoms with E-state index in [1.807, 2.05) is 13.8 Å². The molecule has 0 aliphatic carbocycles. The lowest BCUT2D eigenvalue weighted by Gasteiger charge is -2.34. The largest absolute Gasteiger partial charge is 0.416 e. The van der Waals surface area contributed by atoms with Crippen molar-refractivity contribution in [1.29, 1.82) is 0 Å². The molecule has 0 N–H and O–H groups in total. The van der Waals surface area contributed by atoms with Gasteiger partial charge in [0.05, 0.1) is 5.69 Å². The molecule has 180 valence electrons. The third-order valence-corrected chi connectivity index (χ3v) is 6.11. The van der Waals surface area contributed by atoms with Gasteiger partial charge in [-0.05, 0) is 17.4 Å². The summed E-state index contributed by atoms with van der Waals surface area (Å²) in [4.78, 5) is 54.9. The number of nitrogens with zero attached hydrogens (tertiary/aromatic N) is 6. The van der Waals surface area contributed by atoms with E-state index >= 15 is 0 Å². The summed E-state index contributed by atoms with van der Waals surface area (Å²) in [6.07, 6.45) is 7.52. The molecule has 34 heavy (non-hydrogen) atoms. The zero-order chi connectivity index (χ0) is 24.1. The van der Waals surface area contributed by atoms with E-state index in [4.69, 9.17) is 4.74 Å². The van der Waals surface area contributed by atoms with E-state index in [0.29, 0.717) is 45.4 Å². The summed E-state index contributed by atoms with van der Waals surface area (Å²) in [6, 6.07) is 3.44. The normalized spacial score (nSPS) is 18.8. The fraction of sp³-hybridized carbons (Fsp3) is 0.500. The van der Waals surface area contributed by atoms with Gasteiger partial charge in [0.25, 0.3) is 0 Å². The van der Waals surface area contributed by atoms with E-state index in [-0.39, 0.29) is 23.1 Å². The number of imide groups is 1. The lowest BCUT2D eigenvalue weighted by atomic mass is 9.81. The van der Waals surface area contributed by atoms with Gasteiger partial charge in [0.2, 0.25) is 17.7 Å². The molecule has 4 rings (SSSR count). The Morgan fingerprint density at radius 1 is 1.00 bits per heavy atom. The average molecular weight is 467 g/mol. The molecule has 2 fully saturated rings. The van der Waals surface area contributed by atoms with Crippen molar-refractivity contribution >= 4 is 17.9 Å². The fourth-order valence-electron chi connectivity index (χ4n) is 4.20. The lowest BCUT2D eigenvalue weighted by Crippen LogP contribution is -2.49. The third kappa shape index (κ3) is 6.13. The summed E-state index contributed by atoms with van der Waals surface area (Å²) in [5, 5.41) is 0. The highest BCUT2D eigenvalue weighted by molar-refractivity contribution is 5.98. The zero-order valence-corrected chi connectivity index (χ0v) is 19.6. The van der Waals surface area contributed by atoms with E-state index in [1.54, 1.807) is 41.8 Å². The molecule has 2 aromatic heterocycles. The minimum Gasteiger partial charge on any atom is -0.391 e. The predicted molar refractivity (Wildman–Crippen MR) is 123 cm³/mol. The van der Waals surface area contributed by atoms with Crippen LogP contribution in [-0.4, -0.2) is 80.3 Å². The van der Waals surface area contributed by atoms with Crippen LogP contribution in [-0.2, 0) is 22.6 Å². The molecule has 3 amide bonds. The second-order valence-electron chi connectivity index (χ2n) is 9.54. The maximum atomic E-state index is 12.5. The molecule has 0 radical (unpaired) electrons. The van der Waals surface area contributed by atoms with Crippen molar-refractivity contribution < 1.29 is 19.1 Å². The molecule has 0 saturated carbocycles. The fourth-order valence-corrected chi connectivity index (χ4v) is 4.20. The smallest absolute Gasteiger partial charge is 0.391 e. The SMILES string of the molecule is CC1(C)CC(=O)N(CCc2ccc(OC(=O)N3CCN(Cc4cnccn4)CC3)nc2)C(=O)C1. The molecule has 10 nitrogen and oxygen atoms in total. The highest BCUT2D eigenvalue weighted by atomic mass is 16.6. The molecule has 0 aromatic carbocycles. The Morgan fingerprint density at radius 2 is 1.74 bits per heavy atom. The number of likely N-dealkylation sites (tertiary alicyclic amines) is 1. The summed E-state index contributed by atoms with van der Waals surface area (Å²) in [5.41, 5.74) is 1.49. The van der Waals surface area contributed by atoms with Crippen molar-refractivity contribution in [3.63, 3.8) is 0 Å². The summed E-state index contributed by atoms with van der Waals surface area (Å²) >= 11 is 0. The van der Waals surface area contributed by atoms with Crippen LogP contribution in [0.5, 0.6) is 5.88 Å². The Hall–Kier alpha value is -3.40. The lowest BCUT2D eigenvalue weighted by molar-refractivity contribution is -0.152. The number of hydrogen-bond acceptors (Lipinski definition) is 8. The van der Waals surface area contributed by atoms with Gasteiger partial charge in [0, 0.05) is 83.0 Å². The second kappa shape index (κ2) is 10.3. The summed E-state index contributed by atoms with van der Waals surface area (Å²) in [6.45, 7) is 7.47. The number of hydrogen-bond donors (Lipinski definition) is 0. The van der Waals surface area contributed by atoms with Crippen LogP contribution < -0.4 is 4.74 Å². The maximum absolute atomic E-state index is 12.5. The van der Waals surface area contributed by atoms with E-state index in [1.165, 1.54) is 4.90 Å². The number of pyridine rings is 1. The topological polar surface area (TPSA) is 109 Å². The van der Waals surface area contributed by atoms with Gasteiger partial charge in [-0.1, -0.05) is 19.9 Å². The minimum absolute atomic E-state index is 0.128. The van der Waals surface area contributed by atoms with Gasteiger partial charge in [0.1, 0.15) is 0 Å². The molecule has 2 aliphatic heterocycles. The van der Waals surface area contributed by atoms with Gasteiger partial charge < -0.3 is 9.64 Å². The monoisotopic (exact) mass is 466 g/mol. The van der Waals surface area contributed by atoms with E-state index in [9.17, 15) is 14.4 Å². The maximum Gasteiger partial charge on any atom is 0.416 e. The van der Waals surface area contributed by atoms with E-state index < -0.39 is 6.09 Å². The highest BCUT2D eigenvalue weighted by Gasteiger charge is 2.37. The Morgan fingerprint density at radius 3 is 2.35 bits per heavy atom. The second-order valence-corrected chi connectivity index (χ2v) is 9.54. The summed E-state index contributed by atoms with van der Waals surface area (Å²) in [5.74, 6) is -0.0317. The van der Waals surface area contributed by atoms with E-state index in [0.717, 1.165) is 24.3 Å².